The second-order valence-electron chi connectivity index (χ2n) is 8.46. The molecule has 0 radical (unpaired) electrons. The van der Waals surface area contributed by atoms with E-state index in [9.17, 15) is 14.0 Å². The van der Waals surface area contributed by atoms with Gasteiger partial charge >= 0.3 is 0 Å². The molecule has 1 aromatic heterocycles. The highest BCUT2D eigenvalue weighted by Crippen LogP contribution is 2.49. The summed E-state index contributed by atoms with van der Waals surface area (Å²) in [6.45, 7) is 1.30. The molecule has 0 aliphatic carbocycles. The van der Waals surface area contributed by atoms with E-state index in [0.29, 0.717) is 38.0 Å². The van der Waals surface area contributed by atoms with Crippen LogP contribution in [-0.2, 0) is 21.7 Å². The maximum atomic E-state index is 13.6. The lowest BCUT2D eigenvalue weighted by molar-refractivity contribution is -0.150. The number of hydrogen-bond donors (Lipinski definition) is 1. The number of carbonyl (C=O) groups is 2. The second-order valence-corrected chi connectivity index (χ2v) is 8.46. The van der Waals surface area contributed by atoms with E-state index in [1.807, 2.05) is 36.4 Å². The van der Waals surface area contributed by atoms with E-state index >= 15 is 0 Å². The van der Waals surface area contributed by atoms with Crippen LogP contribution in [0.4, 0.5) is 4.39 Å². The number of halogens is 1. The van der Waals surface area contributed by atoms with E-state index in [-0.39, 0.29) is 11.8 Å². The lowest BCUT2D eigenvalue weighted by Gasteiger charge is -2.39. The zero-order valence-electron chi connectivity index (χ0n) is 18.0. The van der Waals surface area contributed by atoms with Crippen LogP contribution >= 0.6 is 0 Å². The van der Waals surface area contributed by atoms with Crippen LogP contribution in [0.15, 0.2) is 73.1 Å². The van der Waals surface area contributed by atoms with Gasteiger partial charge in [0.25, 0.3) is 11.8 Å². The van der Waals surface area contributed by atoms with E-state index in [0.717, 1.165) is 16.7 Å². The Bertz CT molecular complexity index is 1180. The first kappa shape index (κ1) is 21.3. The molecule has 1 fully saturated rings. The van der Waals surface area contributed by atoms with Crippen LogP contribution in [-0.4, -0.2) is 34.8 Å². The molecule has 6 nitrogen and oxygen atoms in total. The number of nitrogens with zero attached hydrogens (tertiary/aromatic N) is 2. The number of nitrogens with one attached hydrogen (secondary N) is 1. The van der Waals surface area contributed by atoms with Crippen molar-refractivity contribution in [3.05, 3.63) is 101 Å². The number of ether oxygens (including phenoxy) is 1. The molecule has 3 heterocycles. The Morgan fingerprint density at radius 2 is 1.91 bits per heavy atom. The molecule has 168 valence electrons. The molecule has 3 aromatic rings. The van der Waals surface area contributed by atoms with Crippen molar-refractivity contribution in [1.82, 2.24) is 15.2 Å². The van der Waals surface area contributed by atoms with Crippen molar-refractivity contribution < 1.29 is 18.7 Å². The maximum absolute atomic E-state index is 13.6. The molecule has 0 unspecified atom stereocenters. The lowest BCUT2D eigenvalue weighted by Crippen LogP contribution is -2.45. The van der Waals surface area contributed by atoms with Crippen LogP contribution < -0.4 is 5.32 Å². The fourth-order valence-electron chi connectivity index (χ4n) is 4.73. The third-order valence-electron chi connectivity index (χ3n) is 6.44. The first-order valence-corrected chi connectivity index (χ1v) is 11.0. The minimum Gasteiger partial charge on any atom is -0.352 e. The van der Waals surface area contributed by atoms with Crippen molar-refractivity contribution in [1.29, 1.82) is 0 Å². The maximum Gasteiger partial charge on any atom is 0.254 e. The quantitative estimate of drug-likeness (QED) is 0.664. The molecule has 7 heteroatoms. The number of benzene rings is 2. The minimum absolute atomic E-state index is 0.193. The fourth-order valence-corrected chi connectivity index (χ4v) is 4.73. The van der Waals surface area contributed by atoms with E-state index in [1.165, 1.54) is 12.1 Å². The van der Waals surface area contributed by atoms with Crippen molar-refractivity contribution in [2.75, 3.05) is 13.1 Å². The van der Waals surface area contributed by atoms with E-state index in [1.54, 1.807) is 29.4 Å². The van der Waals surface area contributed by atoms with Crippen LogP contribution in [0.3, 0.4) is 0 Å². The first-order valence-electron chi connectivity index (χ1n) is 11.0. The standard InChI is InChI=1S/C26H24FN3O3/c27-20-7-3-6-19(15-20)25(32)30-13-10-26(11-14-30)22-9-2-1-8-21(22)23(33-26)24(31)29-17-18-5-4-12-28-16-18/h1-9,12,15-16,23H,10-11,13-14,17H2,(H,29,31)/t23-/m0/s1. The van der Waals surface area contributed by atoms with Gasteiger partial charge in [-0.3, -0.25) is 14.6 Å². The number of hydrogen-bond acceptors (Lipinski definition) is 4. The van der Waals surface area contributed by atoms with Crippen molar-refractivity contribution in [2.24, 2.45) is 0 Å². The van der Waals surface area contributed by atoms with Crippen LogP contribution in [0.2, 0.25) is 0 Å². The summed E-state index contributed by atoms with van der Waals surface area (Å²) in [6, 6.07) is 17.3. The number of likely N-dealkylation sites (tertiary alicyclic amines) is 1. The van der Waals surface area contributed by atoms with Gasteiger partial charge in [-0.2, -0.15) is 0 Å². The van der Waals surface area contributed by atoms with Gasteiger partial charge in [0.05, 0.1) is 5.60 Å². The molecule has 1 spiro atoms. The average molecular weight is 445 g/mol. The number of piperidine rings is 1. The van der Waals surface area contributed by atoms with Gasteiger partial charge in [0.2, 0.25) is 0 Å². The Morgan fingerprint density at radius 1 is 1.09 bits per heavy atom. The molecule has 2 amide bonds. The molecular weight excluding hydrogens is 421 g/mol. The zero-order chi connectivity index (χ0) is 22.8. The summed E-state index contributed by atoms with van der Waals surface area (Å²) in [6.07, 6.45) is 3.84. The Kier molecular flexibility index (Phi) is 5.64. The zero-order valence-corrected chi connectivity index (χ0v) is 18.0. The monoisotopic (exact) mass is 445 g/mol. The molecule has 33 heavy (non-hydrogen) atoms. The van der Waals surface area contributed by atoms with Gasteiger partial charge in [-0.15, -0.1) is 0 Å². The Balaban J connectivity index is 1.30. The van der Waals surface area contributed by atoms with Crippen LogP contribution in [0.5, 0.6) is 0 Å². The molecule has 1 atom stereocenters. The fraction of sp³-hybridized carbons (Fsp3) is 0.269. The van der Waals surface area contributed by atoms with Crippen LogP contribution in [0, 0.1) is 5.82 Å². The predicted octanol–water partition coefficient (Wildman–Crippen LogP) is 3.74. The van der Waals surface area contributed by atoms with Gasteiger partial charge in [-0.05, 0) is 53.8 Å². The Labute approximate surface area is 191 Å². The molecular formula is C26H24FN3O3. The number of fused-ring (bicyclic) bond motifs is 2. The lowest BCUT2D eigenvalue weighted by atomic mass is 9.83. The largest absolute Gasteiger partial charge is 0.352 e. The highest BCUT2D eigenvalue weighted by Gasteiger charge is 2.49. The highest BCUT2D eigenvalue weighted by molar-refractivity contribution is 5.94. The van der Waals surface area contributed by atoms with Gasteiger partial charge in [-0.25, -0.2) is 4.39 Å². The second kappa shape index (κ2) is 8.75. The van der Waals surface area contributed by atoms with Gasteiger partial charge in [0.15, 0.2) is 6.10 Å². The Morgan fingerprint density at radius 3 is 2.67 bits per heavy atom. The number of pyridine rings is 1. The molecule has 2 aliphatic heterocycles. The summed E-state index contributed by atoms with van der Waals surface area (Å²) in [4.78, 5) is 31.7. The first-order chi connectivity index (χ1) is 16.1. The van der Waals surface area contributed by atoms with Crippen molar-refractivity contribution in [3.63, 3.8) is 0 Å². The molecule has 0 bridgehead atoms. The van der Waals surface area contributed by atoms with E-state index < -0.39 is 17.5 Å². The molecule has 2 aromatic carbocycles. The third-order valence-corrected chi connectivity index (χ3v) is 6.44. The minimum atomic E-state index is -0.705. The van der Waals surface area contributed by atoms with Crippen molar-refractivity contribution >= 4 is 11.8 Å². The predicted molar refractivity (Wildman–Crippen MR) is 120 cm³/mol. The summed E-state index contributed by atoms with van der Waals surface area (Å²) in [5, 5.41) is 2.95. The molecule has 1 saturated heterocycles. The molecule has 2 aliphatic rings. The smallest absolute Gasteiger partial charge is 0.254 e. The van der Waals surface area contributed by atoms with E-state index in [2.05, 4.69) is 10.3 Å². The van der Waals surface area contributed by atoms with Gasteiger partial charge in [0, 0.05) is 37.6 Å². The SMILES string of the molecule is O=C(NCc1cccnc1)[C@H]1OC2(CCN(C(=O)c3cccc(F)c3)CC2)c2ccccc21. The Hall–Kier alpha value is -3.58. The van der Waals surface area contributed by atoms with Crippen LogP contribution in [0.1, 0.15) is 46.0 Å². The number of carbonyl (C=O) groups excluding carboxylic acids is 2. The third kappa shape index (κ3) is 4.12. The number of amides is 2. The number of rotatable bonds is 4. The normalized spacial score (nSPS) is 18.7. The molecule has 1 N–H and O–H groups in total. The topological polar surface area (TPSA) is 71.5 Å². The average Bonchev–Trinajstić information content (AvgIpc) is 3.17. The highest BCUT2D eigenvalue weighted by atomic mass is 19.1. The van der Waals surface area contributed by atoms with E-state index in [4.69, 9.17) is 4.74 Å². The van der Waals surface area contributed by atoms with Crippen molar-refractivity contribution in [2.45, 2.75) is 31.1 Å². The summed E-state index contributed by atoms with van der Waals surface area (Å²) in [5.41, 5.74) is 2.50. The summed E-state index contributed by atoms with van der Waals surface area (Å²) in [7, 11) is 0. The summed E-state index contributed by atoms with van der Waals surface area (Å²) >= 11 is 0. The molecule has 0 saturated carbocycles. The summed E-state index contributed by atoms with van der Waals surface area (Å²) < 4.78 is 20.0. The van der Waals surface area contributed by atoms with Gasteiger partial charge in [-0.1, -0.05) is 36.4 Å². The van der Waals surface area contributed by atoms with Gasteiger partial charge in [0.1, 0.15) is 5.82 Å². The van der Waals surface area contributed by atoms with Gasteiger partial charge < -0.3 is 15.0 Å². The summed E-state index contributed by atoms with van der Waals surface area (Å²) in [5.74, 6) is -0.814. The number of aromatic nitrogens is 1. The molecule has 5 rings (SSSR count). The van der Waals surface area contributed by atoms with Crippen molar-refractivity contribution in [3.8, 4) is 0 Å². The van der Waals surface area contributed by atoms with Crippen LogP contribution in [0.25, 0.3) is 0 Å².